The number of benzene rings is 1. The molecule has 0 aliphatic heterocycles. The minimum atomic E-state index is -0.0433. The van der Waals surface area contributed by atoms with E-state index in [4.69, 9.17) is 4.42 Å². The topological polar surface area (TPSA) is 25.5 Å². The fourth-order valence-electron chi connectivity index (χ4n) is 1.36. The van der Waals surface area contributed by atoms with Gasteiger partial charge in [-0.2, -0.15) is 0 Å². The molecule has 0 aliphatic carbocycles. The fourth-order valence-corrected chi connectivity index (χ4v) is 1.36. The molecule has 0 saturated carbocycles. The maximum Gasteiger partial charge on any atom is 0.134 e. The molecule has 0 radical (unpaired) electrons. The van der Waals surface area contributed by atoms with E-state index in [0.29, 0.717) is 0 Å². The first-order chi connectivity index (χ1) is 7.06. The molecule has 0 saturated heterocycles. The molecule has 1 heterocycles. The normalized spacial score (nSPS) is 12.7. The smallest absolute Gasteiger partial charge is 0.134 e. The summed E-state index contributed by atoms with van der Waals surface area (Å²) in [6.07, 6.45) is 3.63. The van der Waals surface area contributed by atoms with Crippen LogP contribution in [-0.4, -0.2) is 11.8 Å². The molecule has 0 atom stereocenters. The van der Waals surface area contributed by atoms with Gasteiger partial charge >= 0.3 is 0 Å². The number of nitrogens with zero attached hydrogens (tertiary/aromatic N) is 1. The zero-order chi connectivity index (χ0) is 10.9. The van der Waals surface area contributed by atoms with Gasteiger partial charge in [0.25, 0.3) is 0 Å². The van der Waals surface area contributed by atoms with Crippen LogP contribution in [0.3, 0.4) is 0 Å². The van der Waals surface area contributed by atoms with Gasteiger partial charge in [0.05, 0.1) is 5.54 Å². The number of hydrogen-bond donors (Lipinski definition) is 0. The first-order valence-electron chi connectivity index (χ1n) is 5.08. The van der Waals surface area contributed by atoms with Crippen molar-refractivity contribution < 1.29 is 4.42 Å². The molecule has 0 aliphatic rings. The molecule has 0 spiro atoms. The molecule has 0 fully saturated rings. The molecule has 15 heavy (non-hydrogen) atoms. The molecule has 78 valence electrons. The van der Waals surface area contributed by atoms with Crippen LogP contribution in [0.4, 0.5) is 0 Å². The number of rotatable bonds is 1. The average Bonchev–Trinajstić information content (AvgIpc) is 2.57. The van der Waals surface area contributed by atoms with Crippen LogP contribution in [-0.2, 0) is 0 Å². The molecule has 2 heteroatoms. The van der Waals surface area contributed by atoms with Crippen LogP contribution in [0.25, 0.3) is 11.0 Å². The minimum Gasteiger partial charge on any atom is -0.464 e. The molecule has 2 nitrogen and oxygen atoms in total. The van der Waals surface area contributed by atoms with Gasteiger partial charge in [0.1, 0.15) is 11.8 Å². The largest absolute Gasteiger partial charge is 0.464 e. The molecule has 0 unspecified atom stereocenters. The van der Waals surface area contributed by atoms with Crippen molar-refractivity contribution in [2.75, 3.05) is 0 Å². The number of furan rings is 1. The second kappa shape index (κ2) is 3.54. The second-order valence-electron chi connectivity index (χ2n) is 4.62. The number of aliphatic imine (C=N–C) groups is 1. The van der Waals surface area contributed by atoms with E-state index >= 15 is 0 Å². The summed E-state index contributed by atoms with van der Waals surface area (Å²) in [6.45, 7) is 6.23. The predicted octanol–water partition coefficient (Wildman–Crippen LogP) is 3.65. The summed E-state index contributed by atoms with van der Waals surface area (Å²) in [5.41, 5.74) is 1.91. The molecule has 0 amide bonds. The van der Waals surface area contributed by atoms with Crippen molar-refractivity contribution in [3.63, 3.8) is 0 Å². The molecular weight excluding hydrogens is 186 g/mol. The molecule has 2 rings (SSSR count). The van der Waals surface area contributed by atoms with Crippen molar-refractivity contribution in [3.05, 3.63) is 36.1 Å². The Kier molecular flexibility index (Phi) is 2.35. The molecular formula is C13H15NO. The third kappa shape index (κ3) is 2.27. The van der Waals surface area contributed by atoms with Crippen molar-refractivity contribution in [1.82, 2.24) is 0 Å². The summed E-state index contributed by atoms with van der Waals surface area (Å²) in [7, 11) is 0. The lowest BCUT2D eigenvalue weighted by atomic mass is 10.1. The van der Waals surface area contributed by atoms with Gasteiger partial charge in [-0.1, -0.05) is 18.2 Å². The minimum absolute atomic E-state index is 0.0433. The van der Waals surface area contributed by atoms with E-state index in [1.807, 2.05) is 30.5 Å². The highest BCUT2D eigenvalue weighted by Gasteiger charge is 2.07. The second-order valence-corrected chi connectivity index (χ2v) is 4.62. The Morgan fingerprint density at radius 2 is 1.93 bits per heavy atom. The number of hydrogen-bond acceptors (Lipinski definition) is 2. The number of fused-ring (bicyclic) bond motifs is 1. The van der Waals surface area contributed by atoms with Crippen molar-refractivity contribution in [2.45, 2.75) is 26.3 Å². The lowest BCUT2D eigenvalue weighted by Crippen LogP contribution is -2.09. The van der Waals surface area contributed by atoms with Gasteiger partial charge in [0.15, 0.2) is 0 Å². The van der Waals surface area contributed by atoms with Crippen molar-refractivity contribution in [1.29, 1.82) is 0 Å². The Labute approximate surface area is 89.6 Å². The zero-order valence-corrected chi connectivity index (χ0v) is 9.32. The van der Waals surface area contributed by atoms with Gasteiger partial charge in [0.2, 0.25) is 0 Å². The van der Waals surface area contributed by atoms with Crippen LogP contribution in [0.15, 0.2) is 39.9 Å². The Balaban J connectivity index is 2.41. The molecule has 1 aromatic carbocycles. The predicted molar refractivity (Wildman–Crippen MR) is 63.6 cm³/mol. The van der Waals surface area contributed by atoms with E-state index in [0.717, 1.165) is 16.5 Å². The highest BCUT2D eigenvalue weighted by atomic mass is 16.3. The van der Waals surface area contributed by atoms with Crippen LogP contribution >= 0.6 is 0 Å². The average molecular weight is 201 g/mol. The molecule has 2 aromatic rings. The van der Waals surface area contributed by atoms with E-state index in [9.17, 15) is 0 Å². The van der Waals surface area contributed by atoms with E-state index in [-0.39, 0.29) is 5.54 Å². The third-order valence-electron chi connectivity index (χ3n) is 2.10. The number of para-hydroxylation sites is 1. The lowest BCUT2D eigenvalue weighted by molar-refractivity contribution is 0.586. The summed E-state index contributed by atoms with van der Waals surface area (Å²) in [4.78, 5) is 4.46. The monoisotopic (exact) mass is 201 g/mol. The van der Waals surface area contributed by atoms with Crippen LogP contribution < -0.4 is 0 Å². The maximum absolute atomic E-state index is 5.42. The summed E-state index contributed by atoms with van der Waals surface area (Å²) < 4.78 is 5.42. The lowest BCUT2D eigenvalue weighted by Gasteiger charge is -2.10. The summed E-state index contributed by atoms with van der Waals surface area (Å²) in [5, 5.41) is 1.12. The van der Waals surface area contributed by atoms with Crippen molar-refractivity contribution >= 4 is 17.2 Å². The molecule has 1 aromatic heterocycles. The van der Waals surface area contributed by atoms with Gasteiger partial charge < -0.3 is 4.42 Å². The van der Waals surface area contributed by atoms with Crippen molar-refractivity contribution in [2.24, 2.45) is 4.99 Å². The van der Waals surface area contributed by atoms with Gasteiger partial charge in [-0.05, 0) is 26.8 Å². The van der Waals surface area contributed by atoms with Crippen LogP contribution in [0, 0.1) is 0 Å². The summed E-state index contributed by atoms with van der Waals surface area (Å²) >= 11 is 0. The Hall–Kier alpha value is -1.57. The quantitative estimate of drug-likeness (QED) is 0.646. The summed E-state index contributed by atoms with van der Waals surface area (Å²) in [6, 6.07) is 7.98. The van der Waals surface area contributed by atoms with E-state index in [2.05, 4.69) is 25.8 Å². The van der Waals surface area contributed by atoms with Gasteiger partial charge in [-0.25, -0.2) is 0 Å². The SMILES string of the molecule is CC(C)(C)/N=C\c1coc2ccccc12. The highest BCUT2D eigenvalue weighted by Crippen LogP contribution is 2.19. The van der Waals surface area contributed by atoms with Crippen molar-refractivity contribution in [3.8, 4) is 0 Å². The van der Waals surface area contributed by atoms with E-state index in [1.165, 1.54) is 0 Å². The fraction of sp³-hybridized carbons (Fsp3) is 0.308. The summed E-state index contributed by atoms with van der Waals surface area (Å²) in [5.74, 6) is 0. The van der Waals surface area contributed by atoms with Gasteiger partial charge in [0, 0.05) is 17.2 Å². The van der Waals surface area contributed by atoms with Crippen LogP contribution in [0.2, 0.25) is 0 Å². The van der Waals surface area contributed by atoms with E-state index < -0.39 is 0 Å². The third-order valence-corrected chi connectivity index (χ3v) is 2.10. The molecule has 0 bridgehead atoms. The highest BCUT2D eigenvalue weighted by molar-refractivity contribution is 5.97. The van der Waals surface area contributed by atoms with Gasteiger partial charge in [-0.15, -0.1) is 0 Å². The van der Waals surface area contributed by atoms with Crippen LogP contribution in [0.5, 0.6) is 0 Å². The first kappa shape index (κ1) is 9.97. The van der Waals surface area contributed by atoms with Gasteiger partial charge in [-0.3, -0.25) is 4.99 Å². The molecule has 0 N–H and O–H groups in total. The standard InChI is InChI=1S/C13H15NO/c1-13(2,3)14-8-10-9-15-12-7-5-4-6-11(10)12/h4-9H,1-3H3/b14-8-. The van der Waals surface area contributed by atoms with Crippen LogP contribution in [0.1, 0.15) is 26.3 Å². The Bertz CT molecular complexity index is 488. The Morgan fingerprint density at radius 3 is 2.67 bits per heavy atom. The first-order valence-corrected chi connectivity index (χ1v) is 5.08. The Morgan fingerprint density at radius 1 is 1.20 bits per heavy atom. The maximum atomic E-state index is 5.42. The zero-order valence-electron chi connectivity index (χ0n) is 9.32. The van der Waals surface area contributed by atoms with E-state index in [1.54, 1.807) is 6.26 Å².